The molecule has 8 nitrogen and oxygen atoms in total. The average molecular weight is 481 g/mol. The number of ether oxygens (including phenoxy) is 1. The maximum absolute atomic E-state index is 13.9. The van der Waals surface area contributed by atoms with Crippen molar-refractivity contribution in [3.63, 3.8) is 0 Å². The SMILES string of the molecule is COc1cc2c(cc1Nc1ncc(C(N)=O)c(NC3CCc4cc(F)c(F)cc43)n1)CN(C)CC2. The van der Waals surface area contributed by atoms with Gasteiger partial charge in [-0.2, -0.15) is 4.98 Å². The van der Waals surface area contributed by atoms with Gasteiger partial charge >= 0.3 is 0 Å². The van der Waals surface area contributed by atoms with Gasteiger partial charge in [-0.1, -0.05) is 0 Å². The second-order valence-electron chi connectivity index (χ2n) is 8.95. The molecular formula is C25H26F2N6O2. The summed E-state index contributed by atoms with van der Waals surface area (Å²) in [7, 11) is 3.68. The number of anilines is 3. The first-order chi connectivity index (χ1) is 16.8. The standard InChI is InChI=1S/C25H26F2N6O2/c1-33-6-5-13-9-22(35-2)21(8-15(13)12-33)31-25-29-11-17(23(28)34)24(32-25)30-20-4-3-14-7-18(26)19(27)10-16(14)20/h7-11,20H,3-6,12H2,1-2H3,(H2,28,34)(H2,29,30,31,32). The smallest absolute Gasteiger partial charge is 0.254 e. The van der Waals surface area contributed by atoms with Crippen LogP contribution >= 0.6 is 0 Å². The van der Waals surface area contributed by atoms with Crippen molar-refractivity contribution >= 4 is 23.4 Å². The number of benzene rings is 2. The van der Waals surface area contributed by atoms with Crippen molar-refractivity contribution in [1.82, 2.24) is 14.9 Å². The second-order valence-corrected chi connectivity index (χ2v) is 8.95. The lowest BCUT2D eigenvalue weighted by Gasteiger charge is -2.26. The minimum absolute atomic E-state index is 0.102. The van der Waals surface area contributed by atoms with Gasteiger partial charge in [-0.3, -0.25) is 4.79 Å². The molecule has 0 bridgehead atoms. The van der Waals surface area contributed by atoms with Crippen LogP contribution in [0.25, 0.3) is 0 Å². The molecule has 4 N–H and O–H groups in total. The first-order valence-electron chi connectivity index (χ1n) is 11.4. The lowest BCUT2D eigenvalue weighted by molar-refractivity contribution is 0.100. The van der Waals surface area contributed by atoms with Gasteiger partial charge in [-0.15, -0.1) is 0 Å². The Morgan fingerprint density at radius 3 is 2.71 bits per heavy atom. The molecule has 35 heavy (non-hydrogen) atoms. The average Bonchev–Trinajstić information content (AvgIpc) is 3.20. The summed E-state index contributed by atoms with van der Waals surface area (Å²) in [5.74, 6) is -1.37. The lowest BCUT2D eigenvalue weighted by atomic mass is 9.99. The topological polar surface area (TPSA) is 105 Å². The van der Waals surface area contributed by atoms with Crippen molar-refractivity contribution in [3.8, 4) is 5.75 Å². The Labute approximate surface area is 201 Å². The van der Waals surface area contributed by atoms with Gasteiger partial charge in [-0.25, -0.2) is 13.8 Å². The van der Waals surface area contributed by atoms with Gasteiger partial charge in [0.2, 0.25) is 5.95 Å². The highest BCUT2D eigenvalue weighted by atomic mass is 19.2. The van der Waals surface area contributed by atoms with Crippen LogP contribution in [0, 0.1) is 11.6 Å². The number of aromatic nitrogens is 2. The zero-order valence-electron chi connectivity index (χ0n) is 19.5. The third-order valence-corrected chi connectivity index (χ3v) is 6.60. The van der Waals surface area contributed by atoms with Crippen molar-refractivity contribution in [3.05, 3.63) is 69.9 Å². The van der Waals surface area contributed by atoms with Gasteiger partial charge in [0.25, 0.3) is 5.91 Å². The monoisotopic (exact) mass is 480 g/mol. The van der Waals surface area contributed by atoms with Crippen LogP contribution in [0.5, 0.6) is 5.75 Å². The van der Waals surface area contributed by atoms with E-state index < -0.39 is 17.5 Å². The molecular weight excluding hydrogens is 454 g/mol. The van der Waals surface area contributed by atoms with Gasteiger partial charge < -0.3 is 26.0 Å². The van der Waals surface area contributed by atoms with Gasteiger partial charge in [0.1, 0.15) is 11.6 Å². The maximum Gasteiger partial charge on any atom is 0.254 e. The molecule has 2 heterocycles. The summed E-state index contributed by atoms with van der Waals surface area (Å²) < 4.78 is 33.1. The molecule has 3 aromatic rings. The molecule has 0 spiro atoms. The summed E-state index contributed by atoms with van der Waals surface area (Å²) >= 11 is 0. The molecule has 2 aromatic carbocycles. The predicted molar refractivity (Wildman–Crippen MR) is 128 cm³/mol. The van der Waals surface area contributed by atoms with E-state index in [0.717, 1.165) is 25.1 Å². The summed E-state index contributed by atoms with van der Waals surface area (Å²) in [6.07, 6.45) is 3.45. The minimum Gasteiger partial charge on any atom is -0.495 e. The predicted octanol–water partition coefficient (Wildman–Crippen LogP) is 3.69. The number of nitrogens with one attached hydrogen (secondary N) is 2. The van der Waals surface area contributed by atoms with E-state index in [2.05, 4.69) is 32.5 Å². The van der Waals surface area contributed by atoms with Crippen LogP contribution in [0.2, 0.25) is 0 Å². The first kappa shape index (κ1) is 23.0. The fourth-order valence-electron chi connectivity index (χ4n) is 4.76. The Hall–Kier alpha value is -3.79. The van der Waals surface area contributed by atoms with Crippen LogP contribution in [-0.4, -0.2) is 41.5 Å². The summed E-state index contributed by atoms with van der Waals surface area (Å²) in [6.45, 7) is 1.80. The number of methoxy groups -OCH3 is 1. The number of primary amides is 1. The van der Waals surface area contributed by atoms with Crippen molar-refractivity contribution in [1.29, 1.82) is 0 Å². The number of carbonyl (C=O) groups is 1. The molecule has 1 aliphatic heterocycles. The van der Waals surface area contributed by atoms with Crippen LogP contribution in [-0.2, 0) is 19.4 Å². The molecule has 1 atom stereocenters. The van der Waals surface area contributed by atoms with E-state index in [4.69, 9.17) is 10.5 Å². The molecule has 0 saturated heterocycles. The molecule has 1 aliphatic carbocycles. The van der Waals surface area contributed by atoms with Crippen LogP contribution in [0.4, 0.5) is 26.2 Å². The molecule has 1 unspecified atom stereocenters. The van der Waals surface area contributed by atoms with Gasteiger partial charge in [-0.05, 0) is 72.8 Å². The van der Waals surface area contributed by atoms with Crippen molar-refractivity contribution in [2.24, 2.45) is 5.73 Å². The molecule has 0 fully saturated rings. The van der Waals surface area contributed by atoms with Crippen LogP contribution in [0.3, 0.4) is 0 Å². The van der Waals surface area contributed by atoms with Crippen LogP contribution in [0.1, 0.15) is 45.1 Å². The summed E-state index contributed by atoms with van der Waals surface area (Å²) in [6, 6.07) is 6.09. The first-order valence-corrected chi connectivity index (χ1v) is 11.4. The third kappa shape index (κ3) is 4.49. The van der Waals surface area contributed by atoms with Crippen molar-refractivity contribution in [2.75, 3.05) is 31.3 Å². The molecule has 1 amide bonds. The summed E-state index contributed by atoms with van der Waals surface area (Å²) in [4.78, 5) is 23.1. The Morgan fingerprint density at radius 1 is 1.14 bits per heavy atom. The number of hydrogen-bond donors (Lipinski definition) is 3. The molecule has 2 aliphatic rings. The van der Waals surface area contributed by atoms with E-state index in [1.165, 1.54) is 29.5 Å². The number of hydrogen-bond acceptors (Lipinski definition) is 7. The summed E-state index contributed by atoms with van der Waals surface area (Å²) in [5, 5.41) is 6.37. The van der Waals surface area contributed by atoms with E-state index >= 15 is 0 Å². The minimum atomic E-state index is -0.914. The number of aryl methyl sites for hydroxylation is 1. The quantitative estimate of drug-likeness (QED) is 0.494. The van der Waals surface area contributed by atoms with Crippen molar-refractivity contribution < 1.29 is 18.3 Å². The maximum atomic E-state index is 13.9. The lowest BCUT2D eigenvalue weighted by Crippen LogP contribution is -2.26. The number of halogens is 2. The van der Waals surface area contributed by atoms with E-state index in [-0.39, 0.29) is 23.4 Å². The second kappa shape index (κ2) is 9.10. The Balaban J connectivity index is 1.46. The van der Waals surface area contributed by atoms with Crippen LogP contribution < -0.4 is 21.1 Å². The number of likely N-dealkylation sites (N-methyl/N-ethyl adjacent to an activating group) is 1. The Bertz CT molecular complexity index is 1320. The fourth-order valence-corrected chi connectivity index (χ4v) is 4.76. The zero-order valence-corrected chi connectivity index (χ0v) is 19.5. The summed E-state index contributed by atoms with van der Waals surface area (Å²) in [5.41, 5.74) is 10.1. The largest absolute Gasteiger partial charge is 0.495 e. The fraction of sp³-hybridized carbons (Fsp3) is 0.320. The number of nitrogens with zero attached hydrogens (tertiary/aromatic N) is 3. The Kier molecular flexibility index (Phi) is 5.98. The van der Waals surface area contributed by atoms with Gasteiger partial charge in [0.15, 0.2) is 11.6 Å². The third-order valence-electron chi connectivity index (χ3n) is 6.60. The zero-order chi connectivity index (χ0) is 24.7. The highest BCUT2D eigenvalue weighted by molar-refractivity contribution is 5.97. The molecule has 1 aromatic heterocycles. The molecule has 0 radical (unpaired) electrons. The van der Waals surface area contributed by atoms with Gasteiger partial charge in [0.05, 0.1) is 24.4 Å². The van der Waals surface area contributed by atoms with Gasteiger partial charge in [0, 0.05) is 19.3 Å². The molecule has 0 saturated carbocycles. The molecule has 10 heteroatoms. The Morgan fingerprint density at radius 2 is 1.94 bits per heavy atom. The van der Waals surface area contributed by atoms with E-state index in [0.29, 0.717) is 29.8 Å². The van der Waals surface area contributed by atoms with E-state index in [9.17, 15) is 13.6 Å². The number of nitrogens with two attached hydrogens (primary N) is 1. The van der Waals surface area contributed by atoms with Crippen molar-refractivity contribution in [2.45, 2.75) is 31.8 Å². The van der Waals surface area contributed by atoms with E-state index in [1.807, 2.05) is 12.1 Å². The highest BCUT2D eigenvalue weighted by Gasteiger charge is 2.27. The number of fused-ring (bicyclic) bond motifs is 2. The number of rotatable bonds is 6. The highest BCUT2D eigenvalue weighted by Crippen LogP contribution is 2.36. The molecule has 182 valence electrons. The van der Waals surface area contributed by atoms with Crippen LogP contribution in [0.15, 0.2) is 30.5 Å². The number of amides is 1. The number of carbonyl (C=O) groups excluding carboxylic acids is 1. The normalized spacial score (nSPS) is 17.0. The molecule has 5 rings (SSSR count). The van der Waals surface area contributed by atoms with E-state index in [1.54, 1.807) is 7.11 Å².